The Labute approximate surface area is 172 Å². The Hall–Kier alpha value is -3.73. The van der Waals surface area contributed by atoms with Crippen molar-refractivity contribution in [2.24, 2.45) is 0 Å². The topological polar surface area (TPSA) is 94.5 Å². The second-order valence-electron chi connectivity index (χ2n) is 6.78. The number of ether oxygens (including phenoxy) is 1. The number of benzene rings is 2. The van der Waals surface area contributed by atoms with Crippen LogP contribution in [0, 0.1) is 0 Å². The van der Waals surface area contributed by atoms with Gasteiger partial charge in [-0.1, -0.05) is 17.3 Å². The summed E-state index contributed by atoms with van der Waals surface area (Å²) in [6, 6.07) is 12.8. The van der Waals surface area contributed by atoms with E-state index in [1.54, 1.807) is 24.3 Å². The van der Waals surface area contributed by atoms with E-state index in [2.05, 4.69) is 19.6 Å². The molecular formula is C20H13F3N4O4. The molecule has 1 amide bonds. The summed E-state index contributed by atoms with van der Waals surface area (Å²) in [5.41, 5.74) is 2.05. The van der Waals surface area contributed by atoms with E-state index in [0.717, 1.165) is 0 Å². The highest BCUT2D eigenvalue weighted by Crippen LogP contribution is 2.34. The second kappa shape index (κ2) is 7.20. The van der Waals surface area contributed by atoms with Crippen molar-refractivity contribution in [2.75, 3.05) is 18.1 Å². The van der Waals surface area contributed by atoms with Crippen LogP contribution in [-0.4, -0.2) is 34.2 Å². The van der Waals surface area contributed by atoms with Gasteiger partial charge >= 0.3 is 12.1 Å². The lowest BCUT2D eigenvalue weighted by Gasteiger charge is -2.33. The van der Waals surface area contributed by atoms with Gasteiger partial charge in [-0.2, -0.15) is 18.2 Å². The summed E-state index contributed by atoms with van der Waals surface area (Å²) in [7, 11) is 0. The number of fused-ring (bicyclic) bond motifs is 1. The SMILES string of the molecule is O=C1COC[C@@H](c2nc3ccccc3o2)N1c1ccc(-c2noc(C(F)(F)F)n2)cc1. The Kier molecular flexibility index (Phi) is 4.47. The molecule has 3 heterocycles. The molecule has 1 aliphatic rings. The number of morpholine rings is 1. The largest absolute Gasteiger partial charge is 0.471 e. The van der Waals surface area contributed by atoms with Crippen LogP contribution in [0.15, 0.2) is 57.5 Å². The zero-order valence-corrected chi connectivity index (χ0v) is 15.7. The minimum atomic E-state index is -4.72. The molecule has 1 atom stereocenters. The van der Waals surface area contributed by atoms with Crippen LogP contribution in [0.5, 0.6) is 0 Å². The monoisotopic (exact) mass is 430 g/mol. The fourth-order valence-electron chi connectivity index (χ4n) is 3.34. The van der Waals surface area contributed by atoms with Gasteiger partial charge in [-0.3, -0.25) is 9.69 Å². The molecule has 158 valence electrons. The maximum absolute atomic E-state index is 12.7. The quantitative estimate of drug-likeness (QED) is 0.485. The smallest absolute Gasteiger partial charge is 0.438 e. The fourth-order valence-corrected chi connectivity index (χ4v) is 3.34. The highest BCUT2D eigenvalue weighted by molar-refractivity contribution is 5.95. The van der Waals surface area contributed by atoms with Crippen LogP contribution in [0.2, 0.25) is 0 Å². The second-order valence-corrected chi connectivity index (χ2v) is 6.78. The van der Waals surface area contributed by atoms with E-state index in [1.807, 2.05) is 12.1 Å². The van der Waals surface area contributed by atoms with Gasteiger partial charge < -0.3 is 13.7 Å². The number of amides is 1. The lowest BCUT2D eigenvalue weighted by atomic mass is 10.1. The third-order valence-electron chi connectivity index (χ3n) is 4.75. The van der Waals surface area contributed by atoms with Gasteiger partial charge in [0.2, 0.25) is 11.7 Å². The zero-order chi connectivity index (χ0) is 21.6. The van der Waals surface area contributed by atoms with E-state index in [4.69, 9.17) is 9.15 Å². The molecule has 2 aromatic heterocycles. The number of anilines is 1. The Bertz CT molecular complexity index is 1220. The molecule has 1 saturated heterocycles. The molecule has 0 saturated carbocycles. The number of hydrogen-bond donors (Lipinski definition) is 0. The molecule has 8 nitrogen and oxygen atoms in total. The number of oxazole rings is 1. The fraction of sp³-hybridized carbons (Fsp3) is 0.200. The third kappa shape index (κ3) is 3.52. The van der Waals surface area contributed by atoms with E-state index in [9.17, 15) is 18.0 Å². The van der Waals surface area contributed by atoms with Gasteiger partial charge in [0.05, 0.1) is 6.61 Å². The maximum Gasteiger partial charge on any atom is 0.471 e. The molecular weight excluding hydrogens is 417 g/mol. The van der Waals surface area contributed by atoms with E-state index >= 15 is 0 Å². The molecule has 0 unspecified atom stereocenters. The summed E-state index contributed by atoms with van der Waals surface area (Å²) in [5.74, 6) is -1.61. The van der Waals surface area contributed by atoms with Gasteiger partial charge in [-0.15, -0.1) is 0 Å². The Morgan fingerprint density at radius 2 is 1.81 bits per heavy atom. The first-order chi connectivity index (χ1) is 14.9. The van der Waals surface area contributed by atoms with Crippen molar-refractivity contribution in [3.8, 4) is 11.4 Å². The van der Waals surface area contributed by atoms with Gasteiger partial charge in [0.1, 0.15) is 18.2 Å². The average molecular weight is 430 g/mol. The highest BCUT2D eigenvalue weighted by Gasteiger charge is 2.39. The van der Waals surface area contributed by atoms with Crippen LogP contribution in [0.25, 0.3) is 22.5 Å². The molecule has 1 fully saturated rings. The highest BCUT2D eigenvalue weighted by atomic mass is 19.4. The molecule has 0 aliphatic carbocycles. The summed E-state index contributed by atoms with van der Waals surface area (Å²) < 4.78 is 53.5. The van der Waals surface area contributed by atoms with Gasteiger partial charge in [-0.05, 0) is 36.4 Å². The number of alkyl halides is 3. The van der Waals surface area contributed by atoms with Gasteiger partial charge in [0.25, 0.3) is 5.91 Å². The number of carbonyl (C=O) groups is 1. The van der Waals surface area contributed by atoms with Crippen molar-refractivity contribution < 1.29 is 31.6 Å². The third-order valence-corrected chi connectivity index (χ3v) is 4.75. The predicted molar refractivity (Wildman–Crippen MR) is 99.8 cm³/mol. The molecule has 0 bridgehead atoms. The first-order valence-electron chi connectivity index (χ1n) is 9.17. The van der Waals surface area contributed by atoms with E-state index < -0.39 is 18.1 Å². The van der Waals surface area contributed by atoms with Crippen LogP contribution in [0.1, 0.15) is 17.8 Å². The first-order valence-corrected chi connectivity index (χ1v) is 9.17. The van der Waals surface area contributed by atoms with Crippen molar-refractivity contribution in [2.45, 2.75) is 12.2 Å². The lowest BCUT2D eigenvalue weighted by Crippen LogP contribution is -2.44. The number of aromatic nitrogens is 3. The van der Waals surface area contributed by atoms with Crippen molar-refractivity contribution in [3.63, 3.8) is 0 Å². The van der Waals surface area contributed by atoms with Crippen molar-refractivity contribution >= 4 is 22.7 Å². The van der Waals surface area contributed by atoms with Crippen LogP contribution in [0.4, 0.5) is 18.9 Å². The standard InChI is InChI=1S/C20H13F3N4O4/c21-20(22,23)19-25-17(26-31-19)11-5-7-12(8-6-11)27-14(9-29-10-16(27)28)18-24-13-3-1-2-4-15(13)30-18/h1-8,14H,9-10H2/t14-/m0/s1. The summed E-state index contributed by atoms with van der Waals surface area (Å²) >= 11 is 0. The maximum atomic E-state index is 12.7. The van der Waals surface area contributed by atoms with Gasteiger partial charge in [-0.25, -0.2) is 4.98 Å². The zero-order valence-electron chi connectivity index (χ0n) is 15.7. The number of rotatable bonds is 3. The first kappa shape index (κ1) is 19.2. The minimum Gasteiger partial charge on any atom is -0.438 e. The molecule has 0 radical (unpaired) electrons. The van der Waals surface area contributed by atoms with E-state index in [0.29, 0.717) is 28.2 Å². The Morgan fingerprint density at radius 3 is 2.52 bits per heavy atom. The van der Waals surface area contributed by atoms with Crippen LogP contribution >= 0.6 is 0 Å². The molecule has 0 N–H and O–H groups in total. The van der Waals surface area contributed by atoms with Crippen LogP contribution in [-0.2, 0) is 15.7 Å². The average Bonchev–Trinajstić information content (AvgIpc) is 3.41. The minimum absolute atomic E-state index is 0.113. The summed E-state index contributed by atoms with van der Waals surface area (Å²) in [6.07, 6.45) is -4.72. The Morgan fingerprint density at radius 1 is 1.03 bits per heavy atom. The van der Waals surface area contributed by atoms with Crippen molar-refractivity contribution in [1.29, 1.82) is 0 Å². The van der Waals surface area contributed by atoms with Crippen molar-refractivity contribution in [3.05, 3.63) is 60.3 Å². The summed E-state index contributed by atoms with van der Waals surface area (Å²) in [5, 5.41) is 3.37. The molecule has 4 aromatic rings. The van der Waals surface area contributed by atoms with Gasteiger partial charge in [0, 0.05) is 11.3 Å². The Balaban J connectivity index is 1.46. The summed E-state index contributed by atoms with van der Waals surface area (Å²) in [6.45, 7) is 0.0678. The number of nitrogens with zero attached hydrogens (tertiary/aromatic N) is 4. The predicted octanol–water partition coefficient (Wildman–Crippen LogP) is 4.00. The van der Waals surface area contributed by atoms with E-state index in [1.165, 1.54) is 17.0 Å². The molecule has 2 aromatic carbocycles. The molecule has 31 heavy (non-hydrogen) atoms. The number of halogens is 3. The summed E-state index contributed by atoms with van der Waals surface area (Å²) in [4.78, 5) is 21.9. The molecule has 0 spiro atoms. The van der Waals surface area contributed by atoms with Gasteiger partial charge in [0.15, 0.2) is 5.58 Å². The normalized spacial score (nSPS) is 17.5. The number of carbonyl (C=O) groups excluding carboxylic acids is 1. The number of hydrogen-bond acceptors (Lipinski definition) is 7. The van der Waals surface area contributed by atoms with E-state index in [-0.39, 0.29) is 24.9 Å². The number of para-hydroxylation sites is 2. The lowest BCUT2D eigenvalue weighted by molar-refractivity contribution is -0.159. The van der Waals surface area contributed by atoms with Crippen LogP contribution < -0.4 is 4.90 Å². The molecule has 11 heteroatoms. The molecule has 1 aliphatic heterocycles. The molecule has 5 rings (SSSR count). The van der Waals surface area contributed by atoms with Crippen molar-refractivity contribution in [1.82, 2.24) is 15.1 Å². The van der Waals surface area contributed by atoms with Crippen LogP contribution in [0.3, 0.4) is 0 Å².